The summed E-state index contributed by atoms with van der Waals surface area (Å²) in [5.74, 6) is 1.40. The van der Waals surface area contributed by atoms with Gasteiger partial charge in [-0.1, -0.05) is 54.1 Å². The van der Waals surface area contributed by atoms with E-state index in [1.165, 1.54) is 35.9 Å². The van der Waals surface area contributed by atoms with Gasteiger partial charge in [-0.05, 0) is 25.8 Å². The lowest BCUT2D eigenvalue weighted by atomic mass is 10.1. The summed E-state index contributed by atoms with van der Waals surface area (Å²) in [6, 6.07) is 8.26. The van der Waals surface area contributed by atoms with Crippen molar-refractivity contribution in [3.63, 3.8) is 0 Å². The number of amides is 1. The Hall–Kier alpha value is -1.60. The van der Waals surface area contributed by atoms with Crippen LogP contribution in [0.1, 0.15) is 36.3 Å². The third kappa shape index (κ3) is 4.73. The van der Waals surface area contributed by atoms with Gasteiger partial charge in [0, 0.05) is 18.2 Å². The van der Waals surface area contributed by atoms with E-state index in [-0.39, 0.29) is 5.91 Å². The highest BCUT2D eigenvalue weighted by molar-refractivity contribution is 8.01. The lowest BCUT2D eigenvalue weighted by Gasteiger charge is -2.29. The number of hydrogen-bond acceptors (Lipinski definition) is 6. The number of para-hydroxylation sites is 1. The van der Waals surface area contributed by atoms with Crippen LogP contribution >= 0.6 is 23.1 Å². The molecule has 1 heterocycles. The van der Waals surface area contributed by atoms with E-state index in [1.54, 1.807) is 7.11 Å². The Morgan fingerprint density at radius 2 is 2.08 bits per heavy atom. The molecule has 0 aliphatic heterocycles. The number of aromatic nitrogens is 2. The minimum Gasteiger partial charge on any atom is -0.496 e. The molecule has 25 heavy (non-hydrogen) atoms. The average molecular weight is 378 g/mol. The lowest BCUT2D eigenvalue weighted by Crippen LogP contribution is -2.39. The molecule has 7 heteroatoms. The SMILES string of the molecule is COc1ccccc1CN(C(=O)CSc1nnc(C)s1)C1CCCC1. The maximum Gasteiger partial charge on any atom is 0.233 e. The van der Waals surface area contributed by atoms with Crippen molar-refractivity contribution in [1.82, 2.24) is 15.1 Å². The van der Waals surface area contributed by atoms with Crippen molar-refractivity contribution in [2.75, 3.05) is 12.9 Å². The maximum atomic E-state index is 12.9. The Bertz CT molecular complexity index is 714. The number of carbonyl (C=O) groups is 1. The predicted molar refractivity (Wildman–Crippen MR) is 101 cm³/mol. The van der Waals surface area contributed by atoms with Crippen LogP contribution in [-0.2, 0) is 11.3 Å². The molecular formula is C18H23N3O2S2. The van der Waals surface area contributed by atoms with Crippen LogP contribution in [0.25, 0.3) is 0 Å². The molecule has 3 rings (SSSR count). The zero-order chi connectivity index (χ0) is 17.6. The smallest absolute Gasteiger partial charge is 0.233 e. The molecular weight excluding hydrogens is 354 g/mol. The fraction of sp³-hybridized carbons (Fsp3) is 0.500. The molecule has 0 unspecified atom stereocenters. The van der Waals surface area contributed by atoms with E-state index in [0.717, 1.165) is 33.5 Å². The van der Waals surface area contributed by atoms with Crippen molar-refractivity contribution < 1.29 is 9.53 Å². The van der Waals surface area contributed by atoms with Crippen LogP contribution in [0.3, 0.4) is 0 Å². The molecule has 0 spiro atoms. The number of methoxy groups -OCH3 is 1. The number of thioether (sulfide) groups is 1. The van der Waals surface area contributed by atoms with Crippen LogP contribution in [0.4, 0.5) is 0 Å². The largest absolute Gasteiger partial charge is 0.496 e. The van der Waals surface area contributed by atoms with Crippen molar-refractivity contribution >= 4 is 29.0 Å². The van der Waals surface area contributed by atoms with Gasteiger partial charge in [0.1, 0.15) is 10.8 Å². The van der Waals surface area contributed by atoms with Crippen LogP contribution in [-0.4, -0.2) is 39.9 Å². The minimum absolute atomic E-state index is 0.163. The zero-order valence-corrected chi connectivity index (χ0v) is 16.2. The molecule has 1 aromatic carbocycles. The number of carbonyl (C=O) groups excluding carboxylic acids is 1. The van der Waals surface area contributed by atoms with Gasteiger partial charge in [0.25, 0.3) is 0 Å². The zero-order valence-electron chi connectivity index (χ0n) is 14.6. The second kappa shape index (κ2) is 8.67. The standard InChI is InChI=1S/C18H23N3O2S2/c1-13-19-20-18(25-13)24-12-17(22)21(15-8-4-5-9-15)11-14-7-3-6-10-16(14)23-2/h3,6-7,10,15H,4-5,8-9,11-12H2,1-2H3. The third-order valence-electron chi connectivity index (χ3n) is 4.45. The van der Waals surface area contributed by atoms with Crippen molar-refractivity contribution in [3.05, 3.63) is 34.8 Å². The highest BCUT2D eigenvalue weighted by atomic mass is 32.2. The monoisotopic (exact) mass is 377 g/mol. The Balaban J connectivity index is 1.71. The summed E-state index contributed by atoms with van der Waals surface area (Å²) in [5.41, 5.74) is 1.06. The summed E-state index contributed by atoms with van der Waals surface area (Å²) < 4.78 is 6.32. The van der Waals surface area contributed by atoms with Crippen LogP contribution in [0, 0.1) is 6.92 Å². The molecule has 5 nitrogen and oxygen atoms in total. The Morgan fingerprint density at radius 1 is 1.32 bits per heavy atom. The van der Waals surface area contributed by atoms with E-state index in [2.05, 4.69) is 10.2 Å². The van der Waals surface area contributed by atoms with Crippen LogP contribution in [0.15, 0.2) is 28.6 Å². The van der Waals surface area contributed by atoms with E-state index in [1.807, 2.05) is 36.1 Å². The highest BCUT2D eigenvalue weighted by Gasteiger charge is 2.27. The van der Waals surface area contributed by atoms with Gasteiger partial charge in [-0.25, -0.2) is 0 Å². The molecule has 1 saturated carbocycles. The van der Waals surface area contributed by atoms with Crippen molar-refractivity contribution in [1.29, 1.82) is 0 Å². The molecule has 0 radical (unpaired) electrons. The Kier molecular flexibility index (Phi) is 6.31. The first-order chi connectivity index (χ1) is 12.2. The van der Waals surface area contributed by atoms with Gasteiger partial charge in [-0.15, -0.1) is 10.2 Å². The molecule has 1 aliphatic carbocycles. The first-order valence-corrected chi connectivity index (χ1v) is 10.3. The lowest BCUT2D eigenvalue weighted by molar-refractivity contribution is -0.131. The summed E-state index contributed by atoms with van der Waals surface area (Å²) in [4.78, 5) is 15.0. The van der Waals surface area contributed by atoms with E-state index < -0.39 is 0 Å². The van der Waals surface area contributed by atoms with Crippen molar-refractivity contribution in [3.8, 4) is 5.75 Å². The normalized spacial score (nSPS) is 14.6. The topological polar surface area (TPSA) is 55.3 Å². The maximum absolute atomic E-state index is 12.9. The molecule has 0 saturated heterocycles. The third-order valence-corrected chi connectivity index (χ3v) is 6.40. The van der Waals surface area contributed by atoms with Gasteiger partial charge in [0.2, 0.25) is 5.91 Å². The summed E-state index contributed by atoms with van der Waals surface area (Å²) in [6.45, 7) is 2.53. The molecule has 1 aromatic heterocycles. The molecule has 1 aliphatic rings. The van der Waals surface area contributed by atoms with E-state index in [4.69, 9.17) is 4.74 Å². The number of aryl methyl sites for hydroxylation is 1. The quantitative estimate of drug-likeness (QED) is 0.685. The molecule has 1 fully saturated rings. The Labute approximate surface area is 156 Å². The van der Waals surface area contributed by atoms with E-state index >= 15 is 0 Å². The molecule has 1 amide bonds. The van der Waals surface area contributed by atoms with E-state index in [0.29, 0.717) is 18.3 Å². The van der Waals surface area contributed by atoms with Gasteiger partial charge in [0.05, 0.1) is 12.9 Å². The Morgan fingerprint density at radius 3 is 2.76 bits per heavy atom. The minimum atomic E-state index is 0.163. The number of nitrogens with zero attached hydrogens (tertiary/aromatic N) is 3. The number of benzene rings is 1. The number of ether oxygens (including phenoxy) is 1. The highest BCUT2D eigenvalue weighted by Crippen LogP contribution is 2.29. The fourth-order valence-electron chi connectivity index (χ4n) is 3.20. The van der Waals surface area contributed by atoms with Crippen LogP contribution in [0.2, 0.25) is 0 Å². The summed E-state index contributed by atoms with van der Waals surface area (Å²) in [6.07, 6.45) is 4.57. The molecule has 2 aromatic rings. The van der Waals surface area contributed by atoms with Gasteiger partial charge >= 0.3 is 0 Å². The molecule has 134 valence electrons. The first kappa shape index (κ1) is 18.2. The van der Waals surface area contributed by atoms with Crippen molar-refractivity contribution in [2.45, 2.75) is 49.5 Å². The second-order valence-electron chi connectivity index (χ2n) is 6.15. The van der Waals surface area contributed by atoms with Gasteiger partial charge in [0.15, 0.2) is 4.34 Å². The predicted octanol–water partition coefficient (Wildman–Crippen LogP) is 3.92. The van der Waals surface area contributed by atoms with Crippen molar-refractivity contribution in [2.24, 2.45) is 0 Å². The van der Waals surface area contributed by atoms with Gasteiger partial charge in [-0.3, -0.25) is 4.79 Å². The molecule has 0 atom stereocenters. The number of hydrogen-bond donors (Lipinski definition) is 0. The molecule has 0 bridgehead atoms. The van der Waals surface area contributed by atoms with E-state index in [9.17, 15) is 4.79 Å². The first-order valence-electron chi connectivity index (χ1n) is 8.51. The fourth-order valence-corrected chi connectivity index (χ4v) is 4.90. The summed E-state index contributed by atoms with van der Waals surface area (Å²) in [5, 5.41) is 9.04. The average Bonchev–Trinajstić information content (AvgIpc) is 3.29. The van der Waals surface area contributed by atoms with Gasteiger partial charge < -0.3 is 9.64 Å². The number of rotatable bonds is 7. The summed E-state index contributed by atoms with van der Waals surface area (Å²) >= 11 is 3.01. The van der Waals surface area contributed by atoms with Crippen LogP contribution in [0.5, 0.6) is 5.75 Å². The summed E-state index contributed by atoms with van der Waals surface area (Å²) in [7, 11) is 1.67. The van der Waals surface area contributed by atoms with Crippen LogP contribution < -0.4 is 4.74 Å². The van der Waals surface area contributed by atoms with Gasteiger partial charge in [-0.2, -0.15) is 0 Å². The molecule has 0 N–H and O–H groups in total. The second-order valence-corrected chi connectivity index (χ2v) is 8.55.